The lowest BCUT2D eigenvalue weighted by Gasteiger charge is -2.37. The molecule has 1 saturated heterocycles. The predicted molar refractivity (Wildman–Crippen MR) is 124 cm³/mol. The molecular formula is C23H15BrCl2N2O3. The molecule has 0 radical (unpaired) electrons. The summed E-state index contributed by atoms with van der Waals surface area (Å²) in [4.78, 5) is 40.9. The van der Waals surface area contributed by atoms with E-state index in [4.69, 9.17) is 23.2 Å². The van der Waals surface area contributed by atoms with Gasteiger partial charge >= 0.3 is 6.03 Å². The van der Waals surface area contributed by atoms with E-state index >= 15 is 0 Å². The molecule has 0 aromatic heterocycles. The van der Waals surface area contributed by atoms with Crippen molar-refractivity contribution in [3.8, 4) is 0 Å². The third-order valence-electron chi connectivity index (χ3n) is 5.01. The molecule has 156 valence electrons. The van der Waals surface area contributed by atoms with Crippen LogP contribution in [-0.2, 0) is 4.79 Å². The second-order valence-corrected chi connectivity index (χ2v) is 8.77. The lowest BCUT2D eigenvalue weighted by atomic mass is 9.84. The molecule has 0 saturated carbocycles. The van der Waals surface area contributed by atoms with Crippen molar-refractivity contribution >= 4 is 62.5 Å². The van der Waals surface area contributed by atoms with E-state index in [1.165, 1.54) is 0 Å². The zero-order valence-corrected chi connectivity index (χ0v) is 19.0. The summed E-state index contributed by atoms with van der Waals surface area (Å²) in [5.41, 5.74) is 1.29. The Kier molecular flexibility index (Phi) is 6.14. The quantitative estimate of drug-likeness (QED) is 0.338. The molecule has 1 aliphatic rings. The zero-order chi connectivity index (χ0) is 22.1. The standard InChI is InChI=1S/C23H15BrCl2N2O3/c24-15-3-1-2-14(12-15)20-19(21(29)13-4-6-16(25)7-5-13)22(30)28(23(31)27-20)18-10-8-17(26)9-11-18/h1-12,19-20H,(H,27,31)/t19-,20+/m0/s1. The Hall–Kier alpha value is -2.67. The van der Waals surface area contributed by atoms with Crippen molar-refractivity contribution in [3.63, 3.8) is 0 Å². The van der Waals surface area contributed by atoms with Crippen LogP contribution in [0.15, 0.2) is 77.3 Å². The Morgan fingerprint density at radius 1 is 0.903 bits per heavy atom. The molecule has 0 spiro atoms. The number of Topliss-reactive ketones (excluding diaryl/α,β-unsaturated/α-hetero) is 1. The van der Waals surface area contributed by atoms with E-state index in [9.17, 15) is 14.4 Å². The van der Waals surface area contributed by atoms with Crippen LogP contribution in [0.1, 0.15) is 22.0 Å². The van der Waals surface area contributed by atoms with Gasteiger partial charge in [0.25, 0.3) is 0 Å². The van der Waals surface area contributed by atoms with Gasteiger partial charge in [0, 0.05) is 20.1 Å². The number of nitrogens with zero attached hydrogens (tertiary/aromatic N) is 1. The first kappa shape index (κ1) is 21.6. The number of imide groups is 1. The van der Waals surface area contributed by atoms with Crippen molar-refractivity contribution in [2.45, 2.75) is 6.04 Å². The van der Waals surface area contributed by atoms with Crippen molar-refractivity contribution in [2.75, 3.05) is 4.90 Å². The lowest BCUT2D eigenvalue weighted by Crippen LogP contribution is -2.58. The van der Waals surface area contributed by atoms with E-state index in [1.807, 2.05) is 6.07 Å². The average molecular weight is 518 g/mol. The number of nitrogens with one attached hydrogen (secondary N) is 1. The van der Waals surface area contributed by atoms with Crippen LogP contribution < -0.4 is 10.2 Å². The molecule has 5 nitrogen and oxygen atoms in total. The van der Waals surface area contributed by atoms with Crippen LogP contribution in [0.25, 0.3) is 0 Å². The van der Waals surface area contributed by atoms with Crippen LogP contribution in [0, 0.1) is 5.92 Å². The van der Waals surface area contributed by atoms with Gasteiger partial charge in [-0.3, -0.25) is 9.59 Å². The van der Waals surface area contributed by atoms with Gasteiger partial charge in [-0.2, -0.15) is 0 Å². The topological polar surface area (TPSA) is 66.5 Å². The zero-order valence-electron chi connectivity index (χ0n) is 15.9. The summed E-state index contributed by atoms with van der Waals surface area (Å²) in [5.74, 6) is -2.19. The molecule has 1 heterocycles. The highest BCUT2D eigenvalue weighted by Gasteiger charge is 2.46. The van der Waals surface area contributed by atoms with Crippen LogP contribution in [0.3, 0.4) is 0 Å². The Morgan fingerprint density at radius 3 is 2.13 bits per heavy atom. The highest BCUT2D eigenvalue weighted by Crippen LogP contribution is 2.34. The first-order chi connectivity index (χ1) is 14.8. The molecule has 3 aromatic carbocycles. The minimum absolute atomic E-state index is 0.327. The van der Waals surface area contributed by atoms with Crippen LogP contribution in [0.2, 0.25) is 10.0 Å². The fourth-order valence-electron chi connectivity index (χ4n) is 3.53. The monoisotopic (exact) mass is 516 g/mol. The maximum absolute atomic E-state index is 13.5. The van der Waals surface area contributed by atoms with Crippen LogP contribution in [-0.4, -0.2) is 17.7 Å². The van der Waals surface area contributed by atoms with Gasteiger partial charge in [0.2, 0.25) is 5.91 Å². The van der Waals surface area contributed by atoms with E-state index in [1.54, 1.807) is 66.7 Å². The molecular weight excluding hydrogens is 503 g/mol. The highest BCUT2D eigenvalue weighted by atomic mass is 79.9. The maximum Gasteiger partial charge on any atom is 0.329 e. The van der Waals surface area contributed by atoms with Gasteiger partial charge in [0.05, 0.1) is 11.7 Å². The van der Waals surface area contributed by atoms with Gasteiger partial charge in [-0.25, -0.2) is 9.69 Å². The Bertz CT molecular complexity index is 1170. The van der Waals surface area contributed by atoms with Crippen molar-refractivity contribution in [2.24, 2.45) is 5.92 Å². The summed E-state index contributed by atoms with van der Waals surface area (Å²) < 4.78 is 0.768. The second kappa shape index (κ2) is 8.83. The molecule has 2 atom stereocenters. The van der Waals surface area contributed by atoms with E-state index < -0.39 is 29.7 Å². The molecule has 3 amide bonds. The number of hydrogen-bond donors (Lipinski definition) is 1. The second-order valence-electron chi connectivity index (χ2n) is 6.98. The number of ketones is 1. The predicted octanol–water partition coefficient (Wildman–Crippen LogP) is 6.05. The number of hydrogen-bond acceptors (Lipinski definition) is 3. The van der Waals surface area contributed by atoms with Crippen LogP contribution in [0.5, 0.6) is 0 Å². The minimum Gasteiger partial charge on any atom is -0.329 e. The molecule has 0 aliphatic carbocycles. The molecule has 3 aromatic rings. The Labute approximate surface area is 197 Å². The summed E-state index contributed by atoms with van der Waals surface area (Å²) in [6, 6.07) is 18.3. The normalized spacial score (nSPS) is 18.6. The Morgan fingerprint density at radius 2 is 1.52 bits per heavy atom. The molecule has 0 bridgehead atoms. The summed E-state index contributed by atoms with van der Waals surface area (Å²) in [5, 5.41) is 3.78. The average Bonchev–Trinajstić information content (AvgIpc) is 2.75. The molecule has 1 aliphatic heterocycles. The molecule has 1 N–H and O–H groups in total. The largest absolute Gasteiger partial charge is 0.329 e. The number of anilines is 1. The van der Waals surface area contributed by atoms with Gasteiger partial charge in [0.1, 0.15) is 5.92 Å². The van der Waals surface area contributed by atoms with Gasteiger partial charge in [0.15, 0.2) is 5.78 Å². The summed E-state index contributed by atoms with van der Waals surface area (Å²) in [6.45, 7) is 0. The third kappa shape index (κ3) is 4.37. The fraction of sp³-hybridized carbons (Fsp3) is 0.0870. The van der Waals surface area contributed by atoms with Gasteiger partial charge in [-0.1, -0.05) is 51.3 Å². The summed E-state index contributed by atoms with van der Waals surface area (Å²) >= 11 is 15.3. The van der Waals surface area contributed by atoms with Crippen molar-refractivity contribution in [1.29, 1.82) is 0 Å². The van der Waals surface area contributed by atoms with Crippen molar-refractivity contribution < 1.29 is 14.4 Å². The molecule has 31 heavy (non-hydrogen) atoms. The van der Waals surface area contributed by atoms with Crippen LogP contribution in [0.4, 0.5) is 10.5 Å². The fourth-order valence-corrected chi connectivity index (χ4v) is 4.20. The molecule has 0 unspecified atom stereocenters. The summed E-state index contributed by atoms with van der Waals surface area (Å²) in [6.07, 6.45) is 0. The number of carbonyl (C=O) groups is 3. The number of amides is 3. The van der Waals surface area contributed by atoms with Crippen LogP contribution >= 0.6 is 39.1 Å². The highest BCUT2D eigenvalue weighted by molar-refractivity contribution is 9.10. The first-order valence-electron chi connectivity index (χ1n) is 9.30. The number of carbonyl (C=O) groups excluding carboxylic acids is 3. The number of halogens is 3. The van der Waals surface area contributed by atoms with Gasteiger partial charge in [-0.15, -0.1) is 0 Å². The molecule has 8 heteroatoms. The molecule has 1 fully saturated rings. The van der Waals surface area contributed by atoms with Crippen molar-refractivity contribution in [3.05, 3.63) is 98.4 Å². The van der Waals surface area contributed by atoms with E-state index in [-0.39, 0.29) is 0 Å². The number of rotatable bonds is 4. The SMILES string of the molecule is O=C(c1ccc(Cl)cc1)[C@H]1C(=O)N(c2ccc(Cl)cc2)C(=O)N[C@@H]1c1cccc(Br)c1. The first-order valence-corrected chi connectivity index (χ1v) is 10.9. The lowest BCUT2D eigenvalue weighted by molar-refractivity contribution is -0.121. The number of benzene rings is 3. The minimum atomic E-state index is -1.16. The number of urea groups is 1. The molecule has 4 rings (SSSR count). The van der Waals surface area contributed by atoms with Crippen molar-refractivity contribution in [1.82, 2.24) is 5.32 Å². The van der Waals surface area contributed by atoms with E-state index in [0.29, 0.717) is 26.9 Å². The smallest absolute Gasteiger partial charge is 0.329 e. The third-order valence-corrected chi connectivity index (χ3v) is 6.00. The van der Waals surface area contributed by atoms with E-state index in [0.717, 1.165) is 9.37 Å². The van der Waals surface area contributed by atoms with Gasteiger partial charge < -0.3 is 5.32 Å². The maximum atomic E-state index is 13.5. The Balaban J connectivity index is 1.79. The van der Waals surface area contributed by atoms with Gasteiger partial charge in [-0.05, 0) is 66.2 Å². The summed E-state index contributed by atoms with van der Waals surface area (Å²) in [7, 11) is 0. The van der Waals surface area contributed by atoms with E-state index in [2.05, 4.69) is 21.2 Å².